The van der Waals surface area contributed by atoms with Crippen molar-refractivity contribution in [3.05, 3.63) is 64.9 Å². The van der Waals surface area contributed by atoms with Crippen LogP contribution in [0.2, 0.25) is 5.02 Å². The maximum absolute atomic E-state index is 14.0. The first kappa shape index (κ1) is 17.8. The highest BCUT2D eigenvalue weighted by Gasteiger charge is 2.47. The second kappa shape index (κ2) is 6.87. The summed E-state index contributed by atoms with van der Waals surface area (Å²) in [6.45, 7) is 0. The van der Waals surface area contributed by atoms with Crippen LogP contribution in [0.1, 0.15) is 5.56 Å². The van der Waals surface area contributed by atoms with Gasteiger partial charge in [-0.1, -0.05) is 47.6 Å². The molecule has 8 heteroatoms. The number of aliphatic imine (C=N–C) groups is 1. The molecule has 0 N–H and O–H groups in total. The SMILES string of the molecule is O=S1(=O)CC2N=C(SCc3c(F)cccc3Cl)N(c3ccccc3)C2C1. The maximum Gasteiger partial charge on any atom is 0.164 e. The summed E-state index contributed by atoms with van der Waals surface area (Å²) < 4.78 is 38.1. The number of para-hydroxylation sites is 1. The summed E-state index contributed by atoms with van der Waals surface area (Å²) in [6, 6.07) is 13.7. The number of hydrogen-bond donors (Lipinski definition) is 0. The van der Waals surface area contributed by atoms with Gasteiger partial charge in [0, 0.05) is 22.0 Å². The third-order valence-corrected chi connectivity index (χ3v) is 7.60. The Bertz CT molecular complexity index is 946. The van der Waals surface area contributed by atoms with Crippen LogP contribution in [0.5, 0.6) is 0 Å². The molecule has 1 saturated heterocycles. The molecule has 0 spiro atoms. The summed E-state index contributed by atoms with van der Waals surface area (Å²) >= 11 is 7.50. The molecule has 2 aromatic carbocycles. The van der Waals surface area contributed by atoms with Gasteiger partial charge in [-0.15, -0.1) is 0 Å². The fourth-order valence-electron chi connectivity index (χ4n) is 3.33. The van der Waals surface area contributed by atoms with E-state index in [9.17, 15) is 12.8 Å². The fraction of sp³-hybridized carbons (Fsp3) is 0.278. The van der Waals surface area contributed by atoms with Crippen molar-refractivity contribution in [1.29, 1.82) is 0 Å². The van der Waals surface area contributed by atoms with Crippen molar-refractivity contribution in [3.63, 3.8) is 0 Å². The number of fused-ring (bicyclic) bond motifs is 1. The number of anilines is 1. The third kappa shape index (κ3) is 3.35. The molecular formula is C18H16ClFN2O2S2. The zero-order chi connectivity index (χ0) is 18.3. The predicted molar refractivity (Wildman–Crippen MR) is 105 cm³/mol. The van der Waals surface area contributed by atoms with Crippen LogP contribution in [0.15, 0.2) is 53.5 Å². The lowest BCUT2D eigenvalue weighted by Crippen LogP contribution is -2.39. The molecule has 1 fully saturated rings. The van der Waals surface area contributed by atoms with Crippen LogP contribution >= 0.6 is 23.4 Å². The van der Waals surface area contributed by atoms with Crippen LogP contribution in [-0.4, -0.2) is 37.2 Å². The number of hydrogen-bond acceptors (Lipinski definition) is 5. The van der Waals surface area contributed by atoms with E-state index in [0.717, 1.165) is 5.69 Å². The van der Waals surface area contributed by atoms with Crippen LogP contribution in [0.25, 0.3) is 0 Å². The minimum atomic E-state index is -3.09. The Balaban J connectivity index is 1.63. The molecule has 4 nitrogen and oxygen atoms in total. The van der Waals surface area contributed by atoms with Gasteiger partial charge >= 0.3 is 0 Å². The van der Waals surface area contributed by atoms with Crippen molar-refractivity contribution in [3.8, 4) is 0 Å². The van der Waals surface area contributed by atoms with E-state index < -0.39 is 9.84 Å². The number of nitrogens with zero attached hydrogens (tertiary/aromatic N) is 2. The highest BCUT2D eigenvalue weighted by Crippen LogP contribution is 2.36. The smallest absolute Gasteiger partial charge is 0.164 e. The van der Waals surface area contributed by atoms with Gasteiger partial charge in [0.1, 0.15) is 5.82 Å². The molecule has 136 valence electrons. The quantitative estimate of drug-likeness (QED) is 0.773. The van der Waals surface area contributed by atoms with Gasteiger partial charge in [-0.2, -0.15) is 0 Å². The zero-order valence-corrected chi connectivity index (χ0v) is 16.1. The van der Waals surface area contributed by atoms with Crippen LogP contribution in [0.4, 0.5) is 10.1 Å². The van der Waals surface area contributed by atoms with E-state index in [4.69, 9.17) is 11.6 Å². The minimum Gasteiger partial charge on any atom is -0.315 e. The van der Waals surface area contributed by atoms with Gasteiger partial charge in [0.25, 0.3) is 0 Å². The maximum atomic E-state index is 14.0. The highest BCUT2D eigenvalue weighted by atomic mass is 35.5. The largest absolute Gasteiger partial charge is 0.315 e. The number of halogens is 2. The summed E-state index contributed by atoms with van der Waals surface area (Å²) in [5.41, 5.74) is 1.32. The van der Waals surface area contributed by atoms with Gasteiger partial charge in [-0.05, 0) is 24.3 Å². The minimum absolute atomic E-state index is 0.0610. The van der Waals surface area contributed by atoms with E-state index in [1.165, 1.54) is 17.8 Å². The van der Waals surface area contributed by atoms with E-state index in [2.05, 4.69) is 4.99 Å². The summed E-state index contributed by atoms with van der Waals surface area (Å²) in [7, 11) is -3.09. The molecule has 0 saturated carbocycles. The number of thioether (sulfide) groups is 1. The summed E-state index contributed by atoms with van der Waals surface area (Å²) in [5.74, 6) is 0.129. The van der Waals surface area contributed by atoms with E-state index >= 15 is 0 Å². The molecule has 0 aliphatic carbocycles. The first-order chi connectivity index (χ1) is 12.4. The van der Waals surface area contributed by atoms with Crippen molar-refractivity contribution < 1.29 is 12.8 Å². The fourth-order valence-corrected chi connectivity index (χ4v) is 6.64. The molecule has 2 aliphatic heterocycles. The Kier molecular flexibility index (Phi) is 4.71. The molecule has 2 aliphatic rings. The lowest BCUT2D eigenvalue weighted by molar-refractivity contribution is 0.601. The summed E-state index contributed by atoms with van der Waals surface area (Å²) in [4.78, 5) is 6.61. The van der Waals surface area contributed by atoms with Crippen molar-refractivity contribution in [2.45, 2.75) is 17.8 Å². The highest BCUT2D eigenvalue weighted by molar-refractivity contribution is 8.13. The summed E-state index contributed by atoms with van der Waals surface area (Å²) in [6.07, 6.45) is 0. The standard InChI is InChI=1S/C18H16ClFN2O2S2/c19-14-7-4-8-15(20)13(14)9-25-18-21-16-10-26(23,24)11-17(16)22(18)12-5-2-1-3-6-12/h1-8,16-17H,9-11H2. The van der Waals surface area contributed by atoms with Crippen molar-refractivity contribution in [2.24, 2.45) is 4.99 Å². The summed E-state index contributed by atoms with van der Waals surface area (Å²) in [5, 5.41) is 1.09. The van der Waals surface area contributed by atoms with Crippen LogP contribution < -0.4 is 4.90 Å². The Hall–Kier alpha value is -1.57. The zero-order valence-electron chi connectivity index (χ0n) is 13.7. The molecule has 2 aromatic rings. The molecular weight excluding hydrogens is 395 g/mol. The van der Waals surface area contributed by atoms with Crippen molar-refractivity contribution >= 4 is 44.1 Å². The molecule has 0 aromatic heterocycles. The third-order valence-electron chi connectivity index (χ3n) is 4.55. The molecule has 4 rings (SSSR count). The Morgan fingerprint density at radius 2 is 1.92 bits per heavy atom. The first-order valence-electron chi connectivity index (χ1n) is 8.13. The van der Waals surface area contributed by atoms with Gasteiger partial charge in [0.05, 0.1) is 23.6 Å². The van der Waals surface area contributed by atoms with Crippen LogP contribution in [0.3, 0.4) is 0 Å². The average molecular weight is 411 g/mol. The lowest BCUT2D eigenvalue weighted by atomic mass is 10.1. The average Bonchev–Trinajstić information content (AvgIpc) is 3.06. The van der Waals surface area contributed by atoms with Gasteiger partial charge < -0.3 is 4.90 Å². The number of sulfone groups is 1. The number of benzene rings is 2. The van der Waals surface area contributed by atoms with E-state index in [1.54, 1.807) is 12.1 Å². The molecule has 2 atom stereocenters. The molecule has 0 amide bonds. The molecule has 0 radical (unpaired) electrons. The van der Waals surface area contributed by atoms with Gasteiger partial charge in [-0.25, -0.2) is 12.8 Å². The Labute approximate surface area is 161 Å². The molecule has 2 heterocycles. The van der Waals surface area contributed by atoms with Crippen molar-refractivity contribution in [2.75, 3.05) is 16.4 Å². The molecule has 2 unspecified atom stereocenters. The monoisotopic (exact) mass is 410 g/mol. The number of amidine groups is 1. The predicted octanol–water partition coefficient (Wildman–Crippen LogP) is 3.75. The van der Waals surface area contributed by atoms with Crippen LogP contribution in [-0.2, 0) is 15.6 Å². The van der Waals surface area contributed by atoms with Gasteiger partial charge in [-0.3, -0.25) is 4.99 Å². The molecule has 0 bridgehead atoms. The van der Waals surface area contributed by atoms with Gasteiger partial charge in [0.2, 0.25) is 0 Å². The molecule has 26 heavy (non-hydrogen) atoms. The topological polar surface area (TPSA) is 49.7 Å². The van der Waals surface area contributed by atoms with Gasteiger partial charge in [0.15, 0.2) is 15.0 Å². The van der Waals surface area contributed by atoms with E-state index in [-0.39, 0.29) is 29.4 Å². The second-order valence-corrected chi connectivity index (χ2v) is 9.82. The van der Waals surface area contributed by atoms with Crippen molar-refractivity contribution in [1.82, 2.24) is 0 Å². The first-order valence-corrected chi connectivity index (χ1v) is 11.3. The second-order valence-electron chi connectivity index (χ2n) is 6.32. The van der Waals surface area contributed by atoms with E-state index in [1.807, 2.05) is 35.2 Å². The lowest BCUT2D eigenvalue weighted by Gasteiger charge is -2.26. The van der Waals surface area contributed by atoms with E-state index in [0.29, 0.717) is 21.5 Å². The number of rotatable bonds is 3. The normalized spacial score (nSPS) is 23.8. The van der Waals surface area contributed by atoms with Crippen LogP contribution in [0, 0.1) is 5.82 Å². The Morgan fingerprint density at radius 1 is 1.15 bits per heavy atom. The Morgan fingerprint density at radius 3 is 2.65 bits per heavy atom.